The molecule has 1 aliphatic carbocycles. The summed E-state index contributed by atoms with van der Waals surface area (Å²) >= 11 is 0. The van der Waals surface area contributed by atoms with E-state index in [1.807, 2.05) is 36.4 Å². The Labute approximate surface area is 135 Å². The van der Waals surface area contributed by atoms with Crippen LogP contribution in [0.1, 0.15) is 34.3 Å². The van der Waals surface area contributed by atoms with Gasteiger partial charge in [-0.1, -0.05) is 18.2 Å². The van der Waals surface area contributed by atoms with Gasteiger partial charge in [0.1, 0.15) is 6.54 Å². The van der Waals surface area contributed by atoms with Gasteiger partial charge in [-0.2, -0.15) is 0 Å². The molecule has 0 saturated carbocycles. The highest BCUT2D eigenvalue weighted by Gasteiger charge is 2.27. The maximum Gasteiger partial charge on any atom is 0.258 e. The second kappa shape index (κ2) is 5.54. The molecule has 0 saturated heterocycles. The fraction of sp³-hybridized carbons (Fsp3) is 0.263. The van der Waals surface area contributed by atoms with Crippen LogP contribution in [0.3, 0.4) is 0 Å². The van der Waals surface area contributed by atoms with Crippen LogP contribution in [0.5, 0.6) is 0 Å². The van der Waals surface area contributed by atoms with E-state index in [1.165, 1.54) is 24.0 Å². The summed E-state index contributed by atoms with van der Waals surface area (Å²) < 4.78 is 0. The first-order valence-electron chi connectivity index (χ1n) is 8.05. The van der Waals surface area contributed by atoms with Crippen LogP contribution in [-0.2, 0) is 17.6 Å². The highest BCUT2D eigenvalue weighted by Crippen LogP contribution is 2.31. The quantitative estimate of drug-likeness (QED) is 0.880. The van der Waals surface area contributed by atoms with Crippen molar-refractivity contribution in [3.05, 3.63) is 59.2 Å². The number of nitrogens with one attached hydrogen (secondary N) is 1. The third kappa shape index (κ3) is 2.50. The van der Waals surface area contributed by atoms with Crippen LogP contribution in [0.25, 0.3) is 0 Å². The standard InChI is InChI=1S/C19H18N2O2/c22-18-12-21(17-8-4-3-7-16(17)20-18)19(23)15-10-9-13-5-1-2-6-14(13)11-15/h3-4,7-11H,1-2,5-6,12H2,(H,20,22). The molecule has 0 aromatic heterocycles. The molecule has 0 bridgehead atoms. The molecule has 0 spiro atoms. The minimum atomic E-state index is -0.157. The van der Waals surface area contributed by atoms with Gasteiger partial charge >= 0.3 is 0 Å². The van der Waals surface area contributed by atoms with Crippen molar-refractivity contribution in [2.24, 2.45) is 0 Å². The summed E-state index contributed by atoms with van der Waals surface area (Å²) in [4.78, 5) is 26.4. The average molecular weight is 306 g/mol. The van der Waals surface area contributed by atoms with Crippen molar-refractivity contribution in [1.82, 2.24) is 0 Å². The minimum Gasteiger partial charge on any atom is -0.323 e. The molecule has 2 amide bonds. The highest BCUT2D eigenvalue weighted by molar-refractivity contribution is 6.15. The van der Waals surface area contributed by atoms with Crippen LogP contribution in [0.4, 0.5) is 11.4 Å². The van der Waals surface area contributed by atoms with E-state index in [0.29, 0.717) is 11.3 Å². The molecule has 0 radical (unpaired) electrons. The van der Waals surface area contributed by atoms with E-state index in [1.54, 1.807) is 4.90 Å². The lowest BCUT2D eigenvalue weighted by molar-refractivity contribution is -0.115. The van der Waals surface area contributed by atoms with Gasteiger partial charge in [-0.05, 0) is 61.1 Å². The van der Waals surface area contributed by atoms with Crippen LogP contribution in [0, 0.1) is 0 Å². The third-order valence-corrected chi connectivity index (χ3v) is 4.61. The monoisotopic (exact) mass is 306 g/mol. The molecule has 0 fully saturated rings. The first kappa shape index (κ1) is 14.0. The topological polar surface area (TPSA) is 49.4 Å². The Morgan fingerprint density at radius 2 is 1.78 bits per heavy atom. The number of hydrogen-bond donors (Lipinski definition) is 1. The van der Waals surface area contributed by atoms with E-state index in [4.69, 9.17) is 0 Å². The number of anilines is 2. The van der Waals surface area contributed by atoms with E-state index in [-0.39, 0.29) is 18.4 Å². The van der Waals surface area contributed by atoms with Crippen LogP contribution >= 0.6 is 0 Å². The second-order valence-electron chi connectivity index (χ2n) is 6.15. The fourth-order valence-electron chi connectivity index (χ4n) is 3.44. The number of aryl methyl sites for hydroxylation is 2. The molecule has 2 aliphatic rings. The molecule has 1 N–H and O–H groups in total. The number of rotatable bonds is 1. The summed E-state index contributed by atoms with van der Waals surface area (Å²) in [6, 6.07) is 13.4. The smallest absolute Gasteiger partial charge is 0.258 e. The molecule has 4 heteroatoms. The van der Waals surface area contributed by atoms with Crippen molar-refractivity contribution >= 4 is 23.2 Å². The van der Waals surface area contributed by atoms with E-state index in [9.17, 15) is 9.59 Å². The lowest BCUT2D eigenvalue weighted by atomic mass is 9.90. The van der Waals surface area contributed by atoms with E-state index < -0.39 is 0 Å². The Balaban J connectivity index is 1.71. The molecular weight excluding hydrogens is 288 g/mol. The van der Waals surface area contributed by atoms with Gasteiger partial charge in [0.2, 0.25) is 5.91 Å². The summed E-state index contributed by atoms with van der Waals surface area (Å²) in [5, 5.41) is 2.81. The van der Waals surface area contributed by atoms with E-state index in [2.05, 4.69) is 11.4 Å². The molecule has 4 rings (SSSR count). The van der Waals surface area contributed by atoms with Crippen molar-refractivity contribution in [3.63, 3.8) is 0 Å². The molecule has 23 heavy (non-hydrogen) atoms. The van der Waals surface area contributed by atoms with Crippen LogP contribution in [0.15, 0.2) is 42.5 Å². The van der Waals surface area contributed by atoms with Gasteiger partial charge in [0.25, 0.3) is 5.91 Å². The fourth-order valence-corrected chi connectivity index (χ4v) is 3.44. The van der Waals surface area contributed by atoms with Crippen LogP contribution in [0.2, 0.25) is 0 Å². The number of amides is 2. The van der Waals surface area contributed by atoms with Crippen molar-refractivity contribution in [1.29, 1.82) is 0 Å². The molecular formula is C19H18N2O2. The summed E-state index contributed by atoms with van der Waals surface area (Å²) in [6.45, 7) is 0.0624. The number of carbonyl (C=O) groups excluding carboxylic acids is 2. The number of carbonyl (C=O) groups is 2. The van der Waals surface area contributed by atoms with Crippen molar-refractivity contribution in [2.75, 3.05) is 16.8 Å². The van der Waals surface area contributed by atoms with Gasteiger partial charge in [-0.3, -0.25) is 14.5 Å². The van der Waals surface area contributed by atoms with Crippen molar-refractivity contribution in [3.8, 4) is 0 Å². The normalized spacial score (nSPS) is 16.3. The number of para-hydroxylation sites is 2. The number of nitrogens with zero attached hydrogens (tertiary/aromatic N) is 1. The zero-order chi connectivity index (χ0) is 15.8. The molecule has 2 aromatic rings. The summed E-state index contributed by atoms with van der Waals surface area (Å²) in [5.41, 5.74) is 4.74. The van der Waals surface area contributed by atoms with Crippen LogP contribution in [-0.4, -0.2) is 18.4 Å². The van der Waals surface area contributed by atoms with E-state index >= 15 is 0 Å². The molecule has 1 aliphatic heterocycles. The highest BCUT2D eigenvalue weighted by atomic mass is 16.2. The van der Waals surface area contributed by atoms with Crippen LogP contribution < -0.4 is 10.2 Å². The average Bonchev–Trinajstić information content (AvgIpc) is 2.60. The van der Waals surface area contributed by atoms with Crippen molar-refractivity contribution in [2.45, 2.75) is 25.7 Å². The maximum absolute atomic E-state index is 12.9. The summed E-state index contributed by atoms with van der Waals surface area (Å²) in [7, 11) is 0. The van der Waals surface area contributed by atoms with Gasteiger partial charge < -0.3 is 5.32 Å². The zero-order valence-corrected chi connectivity index (χ0v) is 12.8. The van der Waals surface area contributed by atoms with Gasteiger partial charge in [-0.25, -0.2) is 0 Å². The van der Waals surface area contributed by atoms with Gasteiger partial charge in [0, 0.05) is 5.56 Å². The lowest BCUT2D eigenvalue weighted by Gasteiger charge is -2.29. The molecule has 0 unspecified atom stereocenters. The molecule has 116 valence electrons. The van der Waals surface area contributed by atoms with Gasteiger partial charge in [0.15, 0.2) is 0 Å². The van der Waals surface area contributed by atoms with Gasteiger partial charge in [0.05, 0.1) is 11.4 Å². The largest absolute Gasteiger partial charge is 0.323 e. The Bertz CT molecular complexity index is 798. The van der Waals surface area contributed by atoms with E-state index in [0.717, 1.165) is 18.5 Å². The minimum absolute atomic E-state index is 0.0624. The van der Waals surface area contributed by atoms with Crippen molar-refractivity contribution < 1.29 is 9.59 Å². The number of hydrogen-bond acceptors (Lipinski definition) is 2. The number of fused-ring (bicyclic) bond motifs is 2. The summed E-state index contributed by atoms with van der Waals surface area (Å²) in [6.07, 6.45) is 4.53. The molecule has 0 atom stereocenters. The maximum atomic E-state index is 12.9. The predicted molar refractivity (Wildman–Crippen MR) is 89.8 cm³/mol. The molecule has 1 heterocycles. The third-order valence-electron chi connectivity index (χ3n) is 4.61. The first-order valence-corrected chi connectivity index (χ1v) is 8.05. The zero-order valence-electron chi connectivity index (χ0n) is 12.8. The molecule has 2 aromatic carbocycles. The summed E-state index contributed by atoms with van der Waals surface area (Å²) in [5.74, 6) is -0.268. The van der Waals surface area contributed by atoms with Gasteiger partial charge in [-0.15, -0.1) is 0 Å². The Hall–Kier alpha value is -2.62. The SMILES string of the molecule is O=C1CN(C(=O)c2ccc3c(c2)CCCC3)c2ccccc2N1. The Morgan fingerprint density at radius 1 is 1.00 bits per heavy atom. The Morgan fingerprint density at radius 3 is 2.65 bits per heavy atom. The lowest BCUT2D eigenvalue weighted by Crippen LogP contribution is -2.42. The predicted octanol–water partition coefficient (Wildman–Crippen LogP) is 3.16. The second-order valence-corrected chi connectivity index (χ2v) is 6.15. The first-order chi connectivity index (χ1) is 11.2. The molecule has 4 nitrogen and oxygen atoms in total. The Kier molecular flexibility index (Phi) is 3.37. The number of benzene rings is 2.